The highest BCUT2D eigenvalue weighted by molar-refractivity contribution is 6.42. The topological polar surface area (TPSA) is 46.2 Å². The Balaban J connectivity index is 1.65. The SMILES string of the molecule is O=C(Nc1ccccc1)[C@H]1C[C@@H]1C(=O)c1ccc(Cl)c(Cl)c1. The lowest BCUT2D eigenvalue weighted by molar-refractivity contribution is -0.117. The average molecular weight is 334 g/mol. The Morgan fingerprint density at radius 3 is 2.36 bits per heavy atom. The summed E-state index contributed by atoms with van der Waals surface area (Å²) in [5, 5.41) is 3.58. The van der Waals surface area contributed by atoms with Gasteiger partial charge in [0.05, 0.1) is 10.0 Å². The summed E-state index contributed by atoms with van der Waals surface area (Å²) in [7, 11) is 0. The largest absolute Gasteiger partial charge is 0.326 e. The molecule has 2 atom stereocenters. The lowest BCUT2D eigenvalue weighted by Crippen LogP contribution is -2.17. The van der Waals surface area contributed by atoms with Gasteiger partial charge in [-0.2, -0.15) is 0 Å². The molecule has 1 fully saturated rings. The van der Waals surface area contributed by atoms with Crippen LogP contribution < -0.4 is 5.32 Å². The highest BCUT2D eigenvalue weighted by Gasteiger charge is 2.48. The second-order valence-electron chi connectivity index (χ2n) is 5.30. The smallest absolute Gasteiger partial charge is 0.228 e. The molecule has 0 spiro atoms. The van der Waals surface area contributed by atoms with Crippen LogP contribution in [-0.4, -0.2) is 11.7 Å². The van der Waals surface area contributed by atoms with Crippen LogP contribution in [0.5, 0.6) is 0 Å². The first kappa shape index (κ1) is 15.1. The summed E-state index contributed by atoms with van der Waals surface area (Å²) in [6, 6.07) is 14.0. The van der Waals surface area contributed by atoms with E-state index in [1.54, 1.807) is 18.2 Å². The summed E-state index contributed by atoms with van der Waals surface area (Å²) in [6.45, 7) is 0. The summed E-state index contributed by atoms with van der Waals surface area (Å²) in [6.07, 6.45) is 0.567. The van der Waals surface area contributed by atoms with Crippen LogP contribution in [-0.2, 0) is 4.79 Å². The molecule has 0 aromatic heterocycles. The van der Waals surface area contributed by atoms with Crippen LogP contribution in [0.4, 0.5) is 5.69 Å². The van der Waals surface area contributed by atoms with Crippen LogP contribution in [0, 0.1) is 11.8 Å². The molecule has 0 heterocycles. The second kappa shape index (κ2) is 6.11. The molecule has 0 unspecified atom stereocenters. The predicted octanol–water partition coefficient (Wildman–Crippen LogP) is 4.45. The zero-order chi connectivity index (χ0) is 15.7. The molecule has 112 valence electrons. The Labute approximate surface area is 138 Å². The number of rotatable bonds is 4. The van der Waals surface area contributed by atoms with Crippen molar-refractivity contribution in [2.75, 3.05) is 5.32 Å². The molecular formula is C17H13Cl2NO2. The first-order valence-corrected chi connectivity index (χ1v) is 7.67. The number of amides is 1. The van der Waals surface area contributed by atoms with Crippen LogP contribution in [0.1, 0.15) is 16.8 Å². The van der Waals surface area contributed by atoms with Gasteiger partial charge in [0.15, 0.2) is 5.78 Å². The minimum Gasteiger partial charge on any atom is -0.326 e. The van der Waals surface area contributed by atoms with Crippen molar-refractivity contribution in [1.82, 2.24) is 0 Å². The predicted molar refractivity (Wildman–Crippen MR) is 87.5 cm³/mol. The molecule has 1 saturated carbocycles. The number of halogens is 2. The average Bonchev–Trinajstić information content (AvgIpc) is 3.31. The quantitative estimate of drug-likeness (QED) is 0.840. The number of para-hydroxylation sites is 1. The van der Waals surface area contributed by atoms with E-state index in [0.717, 1.165) is 5.69 Å². The monoisotopic (exact) mass is 333 g/mol. The number of carbonyl (C=O) groups excluding carboxylic acids is 2. The molecule has 0 aliphatic heterocycles. The molecule has 0 bridgehead atoms. The fourth-order valence-corrected chi connectivity index (χ4v) is 2.69. The summed E-state index contributed by atoms with van der Waals surface area (Å²) in [5.41, 5.74) is 1.23. The molecule has 0 saturated heterocycles. The van der Waals surface area contributed by atoms with Gasteiger partial charge in [-0.05, 0) is 36.8 Å². The summed E-state index contributed by atoms with van der Waals surface area (Å²) in [5.74, 6) is -0.737. The van der Waals surface area contributed by atoms with Gasteiger partial charge >= 0.3 is 0 Å². The van der Waals surface area contributed by atoms with Gasteiger partial charge in [-0.3, -0.25) is 9.59 Å². The highest BCUT2D eigenvalue weighted by Crippen LogP contribution is 2.42. The van der Waals surface area contributed by atoms with Crippen molar-refractivity contribution in [3.63, 3.8) is 0 Å². The normalized spacial score (nSPS) is 19.5. The van der Waals surface area contributed by atoms with Crippen molar-refractivity contribution >= 4 is 40.6 Å². The molecule has 0 radical (unpaired) electrons. The van der Waals surface area contributed by atoms with E-state index >= 15 is 0 Å². The number of ketones is 1. The fourth-order valence-electron chi connectivity index (χ4n) is 2.39. The van der Waals surface area contributed by atoms with Crippen LogP contribution in [0.2, 0.25) is 10.0 Å². The van der Waals surface area contributed by atoms with Crippen molar-refractivity contribution in [3.8, 4) is 0 Å². The Bertz CT molecular complexity index is 731. The van der Waals surface area contributed by atoms with Crippen LogP contribution in [0.25, 0.3) is 0 Å². The number of Topliss-reactive ketones (excluding diaryl/α,β-unsaturated/α-hetero) is 1. The van der Waals surface area contributed by atoms with Gasteiger partial charge in [-0.25, -0.2) is 0 Å². The zero-order valence-electron chi connectivity index (χ0n) is 11.6. The van der Waals surface area contributed by atoms with Gasteiger partial charge in [-0.15, -0.1) is 0 Å². The molecule has 3 rings (SSSR count). The first-order chi connectivity index (χ1) is 10.6. The molecular weight excluding hydrogens is 321 g/mol. The minimum absolute atomic E-state index is 0.0632. The van der Waals surface area contributed by atoms with Gasteiger partial charge in [0, 0.05) is 23.1 Å². The number of anilines is 1. The number of nitrogens with one attached hydrogen (secondary N) is 1. The Morgan fingerprint density at radius 2 is 1.68 bits per heavy atom. The Hall–Kier alpha value is -1.84. The van der Waals surface area contributed by atoms with Crippen molar-refractivity contribution < 1.29 is 9.59 Å². The molecule has 1 amide bonds. The number of benzene rings is 2. The standard InChI is InChI=1S/C17H13Cl2NO2/c18-14-7-6-10(8-15(14)19)16(21)12-9-13(12)17(22)20-11-4-2-1-3-5-11/h1-8,12-13H,9H2,(H,20,22)/t12-,13-/m0/s1. The van der Waals surface area contributed by atoms with Gasteiger partial charge < -0.3 is 5.32 Å². The van der Waals surface area contributed by atoms with E-state index < -0.39 is 0 Å². The molecule has 3 nitrogen and oxygen atoms in total. The fraction of sp³-hybridized carbons (Fsp3) is 0.176. The van der Waals surface area contributed by atoms with Gasteiger partial charge in [-0.1, -0.05) is 41.4 Å². The maximum absolute atomic E-state index is 12.4. The van der Waals surface area contributed by atoms with Gasteiger partial charge in [0.25, 0.3) is 0 Å². The van der Waals surface area contributed by atoms with Crippen LogP contribution in [0.3, 0.4) is 0 Å². The zero-order valence-corrected chi connectivity index (χ0v) is 13.1. The highest BCUT2D eigenvalue weighted by atomic mass is 35.5. The van der Waals surface area contributed by atoms with Gasteiger partial charge in [0.1, 0.15) is 0 Å². The lowest BCUT2D eigenvalue weighted by atomic mass is 10.1. The molecule has 2 aromatic rings. The lowest BCUT2D eigenvalue weighted by Gasteiger charge is -2.05. The Morgan fingerprint density at radius 1 is 0.955 bits per heavy atom. The molecule has 22 heavy (non-hydrogen) atoms. The number of hydrogen-bond acceptors (Lipinski definition) is 2. The maximum atomic E-state index is 12.4. The van der Waals surface area contributed by atoms with E-state index in [1.807, 2.05) is 30.3 Å². The summed E-state index contributed by atoms with van der Waals surface area (Å²) in [4.78, 5) is 24.5. The van der Waals surface area contributed by atoms with E-state index in [4.69, 9.17) is 23.2 Å². The molecule has 5 heteroatoms. The van der Waals surface area contributed by atoms with Crippen LogP contribution >= 0.6 is 23.2 Å². The van der Waals surface area contributed by atoms with Crippen molar-refractivity contribution in [2.24, 2.45) is 11.8 Å². The number of carbonyl (C=O) groups is 2. The maximum Gasteiger partial charge on any atom is 0.228 e. The number of hydrogen-bond donors (Lipinski definition) is 1. The molecule has 1 aliphatic rings. The van der Waals surface area contributed by atoms with Crippen LogP contribution in [0.15, 0.2) is 48.5 Å². The molecule has 2 aromatic carbocycles. The minimum atomic E-state index is -0.277. The first-order valence-electron chi connectivity index (χ1n) is 6.91. The van der Waals surface area contributed by atoms with E-state index in [1.165, 1.54) is 0 Å². The van der Waals surface area contributed by atoms with Gasteiger partial charge in [0.2, 0.25) is 5.91 Å². The third-order valence-corrected chi connectivity index (χ3v) is 4.45. The van der Waals surface area contributed by atoms with E-state index in [-0.39, 0.29) is 23.5 Å². The molecule has 1 aliphatic carbocycles. The van der Waals surface area contributed by atoms with Crippen molar-refractivity contribution in [1.29, 1.82) is 0 Å². The van der Waals surface area contributed by atoms with E-state index in [9.17, 15) is 9.59 Å². The summed E-state index contributed by atoms with van der Waals surface area (Å²) >= 11 is 11.8. The second-order valence-corrected chi connectivity index (χ2v) is 6.11. The third kappa shape index (κ3) is 3.16. The van der Waals surface area contributed by atoms with E-state index in [0.29, 0.717) is 22.0 Å². The molecule has 1 N–H and O–H groups in total. The summed E-state index contributed by atoms with van der Waals surface area (Å²) < 4.78 is 0. The Kier molecular flexibility index (Phi) is 4.19. The third-order valence-electron chi connectivity index (χ3n) is 3.71. The van der Waals surface area contributed by atoms with Crippen molar-refractivity contribution in [3.05, 3.63) is 64.1 Å². The van der Waals surface area contributed by atoms with E-state index in [2.05, 4.69) is 5.32 Å². The van der Waals surface area contributed by atoms with Crippen molar-refractivity contribution in [2.45, 2.75) is 6.42 Å².